The van der Waals surface area contributed by atoms with Crippen molar-refractivity contribution < 1.29 is 5.11 Å². The first-order valence-electron chi connectivity index (χ1n) is 28.1. The standard InChI is InChI=1S/C58H110O/c1-3-5-7-9-11-13-15-17-19-21-23-25-27-29-31-33-35-37-39-41-43-45-47-49-52-56-54-51-55-57(58(56)59)53-50-48-46-44-42-40-38-36-34-32-30-28-26-24-22-20-18-16-14-12-10-8-6-4-2/h51,54-55,59H,3-50,52-53H2,1-2H3. The molecular formula is C58H110O. The smallest absolute Gasteiger partial charge is 0.121 e. The van der Waals surface area contributed by atoms with Crippen LogP contribution in [0.4, 0.5) is 0 Å². The minimum Gasteiger partial charge on any atom is -0.507 e. The number of aryl methyl sites for hydroxylation is 2. The average molecular weight is 824 g/mol. The van der Waals surface area contributed by atoms with Crippen molar-refractivity contribution in [2.75, 3.05) is 0 Å². The van der Waals surface area contributed by atoms with Gasteiger partial charge in [0, 0.05) is 0 Å². The predicted molar refractivity (Wildman–Crippen MR) is 268 cm³/mol. The van der Waals surface area contributed by atoms with E-state index in [4.69, 9.17) is 0 Å². The molecule has 59 heavy (non-hydrogen) atoms. The summed E-state index contributed by atoms with van der Waals surface area (Å²) in [4.78, 5) is 0. The van der Waals surface area contributed by atoms with Gasteiger partial charge in [-0.15, -0.1) is 0 Å². The second kappa shape index (κ2) is 48.1. The molecule has 0 heterocycles. The minimum absolute atomic E-state index is 0.607. The van der Waals surface area contributed by atoms with Crippen molar-refractivity contribution in [2.24, 2.45) is 0 Å². The monoisotopic (exact) mass is 823 g/mol. The van der Waals surface area contributed by atoms with Crippen LogP contribution in [-0.4, -0.2) is 5.11 Å². The van der Waals surface area contributed by atoms with Gasteiger partial charge in [-0.25, -0.2) is 0 Å². The molecule has 0 aliphatic carbocycles. The van der Waals surface area contributed by atoms with Crippen LogP contribution in [0.3, 0.4) is 0 Å². The Hall–Kier alpha value is -0.980. The molecule has 0 saturated heterocycles. The Bertz CT molecular complexity index is 850. The maximum absolute atomic E-state index is 11.0. The van der Waals surface area contributed by atoms with Crippen LogP contribution in [0.2, 0.25) is 0 Å². The zero-order valence-electron chi connectivity index (χ0n) is 41.0. The molecule has 0 spiro atoms. The zero-order valence-corrected chi connectivity index (χ0v) is 41.0. The lowest BCUT2D eigenvalue weighted by Crippen LogP contribution is -1.93. The molecule has 0 saturated carbocycles. The molecule has 0 aromatic heterocycles. The van der Waals surface area contributed by atoms with Crippen LogP contribution in [-0.2, 0) is 12.8 Å². The molecule has 348 valence electrons. The summed E-state index contributed by atoms with van der Waals surface area (Å²) < 4.78 is 0. The van der Waals surface area contributed by atoms with Crippen molar-refractivity contribution in [1.82, 2.24) is 0 Å². The van der Waals surface area contributed by atoms with Gasteiger partial charge < -0.3 is 5.11 Å². The summed E-state index contributed by atoms with van der Waals surface area (Å²) in [7, 11) is 0. The van der Waals surface area contributed by atoms with Crippen molar-refractivity contribution in [2.45, 2.75) is 335 Å². The molecule has 1 aromatic carbocycles. The molecule has 1 heteroatoms. The second-order valence-electron chi connectivity index (χ2n) is 19.7. The summed E-state index contributed by atoms with van der Waals surface area (Å²) in [6, 6.07) is 6.51. The SMILES string of the molecule is CCCCCCCCCCCCCCCCCCCCCCCCCCc1cccc(CCCCCCCCCCCCCCCCCCCCCCCCCC)c1O. The summed E-state index contributed by atoms with van der Waals surface area (Å²) in [6.07, 6.45) is 70.9. The first-order chi connectivity index (χ1) is 29.3. The van der Waals surface area contributed by atoms with E-state index in [1.807, 2.05) is 0 Å². The number of hydrogen-bond acceptors (Lipinski definition) is 1. The van der Waals surface area contributed by atoms with E-state index in [0.717, 1.165) is 12.8 Å². The fourth-order valence-corrected chi connectivity index (χ4v) is 9.60. The van der Waals surface area contributed by atoms with Gasteiger partial charge in [-0.2, -0.15) is 0 Å². The molecule has 0 atom stereocenters. The van der Waals surface area contributed by atoms with Crippen molar-refractivity contribution >= 4 is 0 Å². The Morgan fingerprint density at radius 3 is 0.559 bits per heavy atom. The van der Waals surface area contributed by atoms with Gasteiger partial charge in [-0.05, 0) is 36.8 Å². The van der Waals surface area contributed by atoms with E-state index < -0.39 is 0 Å². The highest BCUT2D eigenvalue weighted by molar-refractivity contribution is 5.40. The third-order valence-corrected chi connectivity index (χ3v) is 13.8. The molecule has 0 aliphatic rings. The first kappa shape index (κ1) is 56.0. The summed E-state index contributed by atoms with van der Waals surface area (Å²) in [5, 5.41) is 11.0. The normalized spacial score (nSPS) is 11.6. The fraction of sp³-hybridized carbons (Fsp3) is 0.897. The second-order valence-corrected chi connectivity index (χ2v) is 19.7. The van der Waals surface area contributed by atoms with E-state index >= 15 is 0 Å². The van der Waals surface area contributed by atoms with Gasteiger partial charge >= 0.3 is 0 Å². The minimum atomic E-state index is 0.607. The van der Waals surface area contributed by atoms with Gasteiger partial charge in [0.25, 0.3) is 0 Å². The Labute approximate surface area is 373 Å². The van der Waals surface area contributed by atoms with Crippen LogP contribution in [0.5, 0.6) is 5.75 Å². The number of para-hydroxylation sites is 1. The van der Waals surface area contributed by atoms with Gasteiger partial charge in [0.05, 0.1) is 0 Å². The lowest BCUT2D eigenvalue weighted by Gasteiger charge is -2.10. The molecule has 0 radical (unpaired) electrons. The van der Waals surface area contributed by atoms with Gasteiger partial charge in [-0.3, -0.25) is 0 Å². The van der Waals surface area contributed by atoms with Crippen LogP contribution >= 0.6 is 0 Å². The quantitative estimate of drug-likeness (QED) is 0.0649. The maximum Gasteiger partial charge on any atom is 0.121 e. The molecule has 1 rings (SSSR count). The van der Waals surface area contributed by atoms with Gasteiger partial charge in [0.1, 0.15) is 5.75 Å². The third kappa shape index (κ3) is 40.8. The highest BCUT2D eigenvalue weighted by Gasteiger charge is 2.07. The molecule has 1 N–H and O–H groups in total. The number of aromatic hydroxyl groups is 1. The molecular weight excluding hydrogens is 713 g/mol. The molecule has 0 fully saturated rings. The summed E-state index contributed by atoms with van der Waals surface area (Å²) in [6.45, 7) is 4.62. The van der Waals surface area contributed by atoms with Crippen molar-refractivity contribution in [3.63, 3.8) is 0 Å². The summed E-state index contributed by atoms with van der Waals surface area (Å²) >= 11 is 0. The van der Waals surface area contributed by atoms with Crippen LogP contribution in [0.25, 0.3) is 0 Å². The Balaban J connectivity index is 1.81. The van der Waals surface area contributed by atoms with E-state index in [9.17, 15) is 5.11 Å². The average Bonchev–Trinajstić information content (AvgIpc) is 3.25. The topological polar surface area (TPSA) is 20.2 Å². The van der Waals surface area contributed by atoms with E-state index in [-0.39, 0.29) is 0 Å². The first-order valence-corrected chi connectivity index (χ1v) is 28.1. The van der Waals surface area contributed by atoms with Crippen LogP contribution < -0.4 is 0 Å². The molecule has 1 aromatic rings. The number of unbranched alkanes of at least 4 members (excludes halogenated alkanes) is 46. The number of phenols is 1. The highest BCUT2D eigenvalue weighted by atomic mass is 16.3. The maximum atomic E-state index is 11.0. The van der Waals surface area contributed by atoms with Crippen LogP contribution in [0.1, 0.15) is 333 Å². The Kier molecular flexibility index (Phi) is 45.6. The number of hydrogen-bond donors (Lipinski definition) is 1. The van der Waals surface area contributed by atoms with Gasteiger partial charge in [0.15, 0.2) is 0 Å². The highest BCUT2D eigenvalue weighted by Crippen LogP contribution is 2.27. The Morgan fingerprint density at radius 2 is 0.390 bits per heavy atom. The third-order valence-electron chi connectivity index (χ3n) is 13.8. The molecule has 0 aliphatic heterocycles. The van der Waals surface area contributed by atoms with E-state index in [1.54, 1.807) is 0 Å². The molecule has 0 amide bonds. The number of phenolic OH excluding ortho intramolecular Hbond substituents is 1. The van der Waals surface area contributed by atoms with Crippen LogP contribution in [0, 0.1) is 0 Å². The fourth-order valence-electron chi connectivity index (χ4n) is 9.60. The van der Waals surface area contributed by atoms with Crippen molar-refractivity contribution in [1.29, 1.82) is 0 Å². The van der Waals surface area contributed by atoms with Crippen LogP contribution in [0.15, 0.2) is 18.2 Å². The van der Waals surface area contributed by atoms with E-state index in [1.165, 1.54) is 319 Å². The zero-order chi connectivity index (χ0) is 42.2. The van der Waals surface area contributed by atoms with Gasteiger partial charge in [0.2, 0.25) is 0 Å². The molecule has 0 unspecified atom stereocenters. The van der Waals surface area contributed by atoms with Crippen molar-refractivity contribution in [3.05, 3.63) is 29.3 Å². The molecule has 0 bridgehead atoms. The predicted octanol–water partition coefficient (Wildman–Crippen LogP) is 21.2. The van der Waals surface area contributed by atoms with E-state index in [2.05, 4.69) is 32.0 Å². The lowest BCUT2D eigenvalue weighted by atomic mass is 9.98. The summed E-state index contributed by atoms with van der Waals surface area (Å²) in [5.74, 6) is 0.607. The van der Waals surface area contributed by atoms with Crippen molar-refractivity contribution in [3.8, 4) is 5.75 Å². The van der Waals surface area contributed by atoms with Gasteiger partial charge in [-0.1, -0.05) is 327 Å². The molecule has 1 nitrogen and oxygen atoms in total. The summed E-state index contributed by atoms with van der Waals surface area (Å²) in [5.41, 5.74) is 2.37. The van der Waals surface area contributed by atoms with E-state index in [0.29, 0.717) is 5.75 Å². The number of rotatable bonds is 50. The lowest BCUT2D eigenvalue weighted by molar-refractivity contribution is 0.456. The Morgan fingerprint density at radius 1 is 0.237 bits per heavy atom. The number of benzene rings is 1. The largest absolute Gasteiger partial charge is 0.507 e.